The van der Waals surface area contributed by atoms with E-state index in [0.717, 1.165) is 40.0 Å². The molecule has 1 saturated heterocycles. The fourth-order valence-corrected chi connectivity index (χ4v) is 14.2. The van der Waals surface area contributed by atoms with Crippen molar-refractivity contribution < 1.29 is 65.6 Å². The number of alkyl halides is 10. The van der Waals surface area contributed by atoms with Crippen molar-refractivity contribution in [3.05, 3.63) is 92.1 Å². The van der Waals surface area contributed by atoms with Gasteiger partial charge in [0.05, 0.1) is 42.3 Å². The zero-order valence-electron chi connectivity index (χ0n) is 63.7. The Hall–Kier alpha value is -3.23. The molecule has 4 unspecified atom stereocenters. The van der Waals surface area contributed by atoms with Crippen LogP contribution >= 0.6 is 77.3 Å². The van der Waals surface area contributed by atoms with E-state index in [0.29, 0.717) is 96.0 Å². The largest absolute Gasteiger partial charge is 0.710 e. The predicted octanol–water partition coefficient (Wildman–Crippen LogP) is 12.0. The molecule has 0 spiro atoms. The van der Waals surface area contributed by atoms with E-state index in [1.165, 1.54) is 24.7 Å². The highest BCUT2D eigenvalue weighted by molar-refractivity contribution is 7.54. The summed E-state index contributed by atoms with van der Waals surface area (Å²) >= 11 is 34.1. The number of hydrogen-bond donors (Lipinski definition) is 6. The second kappa shape index (κ2) is 42.8. The summed E-state index contributed by atoms with van der Waals surface area (Å²) in [4.78, 5) is 35.6. The second-order valence-corrected chi connectivity index (χ2v) is 35.9. The molecule has 7 rings (SSSR count). The van der Waals surface area contributed by atoms with Crippen LogP contribution in [-0.4, -0.2) is 208 Å². The van der Waals surface area contributed by atoms with E-state index < -0.39 is 79.2 Å². The minimum atomic E-state index is -3.47. The van der Waals surface area contributed by atoms with Crippen LogP contribution in [-0.2, 0) is 29.7 Å². The first-order valence-electron chi connectivity index (χ1n) is 34.5. The van der Waals surface area contributed by atoms with Gasteiger partial charge in [-0.15, -0.1) is 69.6 Å². The average Bonchev–Trinajstić information content (AvgIpc) is 1.61. The van der Waals surface area contributed by atoms with Gasteiger partial charge < -0.3 is 50.2 Å². The third-order valence-corrected chi connectivity index (χ3v) is 19.0. The number of halogens is 10. The summed E-state index contributed by atoms with van der Waals surface area (Å²) in [5, 5.41) is 58.4. The number of benzene rings is 1. The number of aliphatic hydroxyl groups excluding tert-OH is 3. The maximum atomic E-state index is 14.3. The Labute approximate surface area is 642 Å². The highest BCUT2D eigenvalue weighted by Gasteiger charge is 2.59. The molecule has 1 aromatic carbocycles. The smallest absolute Gasteiger partial charge is 0.349 e. The van der Waals surface area contributed by atoms with Crippen LogP contribution in [0.15, 0.2) is 64.6 Å². The quantitative estimate of drug-likeness (QED) is 0.0100. The lowest BCUT2D eigenvalue weighted by molar-refractivity contribution is -0.618. The molecule has 3 aliphatic rings. The minimum absolute atomic E-state index is 0.00604. The molecule has 104 heavy (non-hydrogen) atoms. The molecule has 2 aliphatic carbocycles. The van der Waals surface area contributed by atoms with Crippen molar-refractivity contribution in [2.75, 3.05) is 112 Å². The molecule has 3 aromatic heterocycles. The number of para-hydroxylation sites is 2. The average molecular weight is 1630 g/mol. The Morgan fingerprint density at radius 3 is 1.59 bits per heavy atom. The van der Waals surface area contributed by atoms with Crippen LogP contribution in [0.1, 0.15) is 162 Å². The number of nitrogen functional groups attached to an aromatic ring is 1. The van der Waals surface area contributed by atoms with E-state index in [1.807, 2.05) is 83.1 Å². The third-order valence-electron chi connectivity index (χ3n) is 15.7. The number of ether oxygens (including phenoxy) is 3. The predicted molar refractivity (Wildman–Crippen MR) is 409 cm³/mol. The summed E-state index contributed by atoms with van der Waals surface area (Å²) in [5.74, 6) is -5.06. The second-order valence-electron chi connectivity index (χ2n) is 31.5. The van der Waals surface area contributed by atoms with Crippen molar-refractivity contribution in [2.45, 2.75) is 221 Å². The monoisotopic (exact) mass is 1620 g/mol. The normalized spacial score (nSPS) is 21.9. The Morgan fingerprint density at radius 1 is 0.692 bits per heavy atom. The molecule has 1 aliphatic heterocycles. The minimum Gasteiger partial charge on any atom is -0.710 e. The number of aromatic nitrogens is 6. The number of rotatable bonds is 23. The van der Waals surface area contributed by atoms with E-state index in [4.69, 9.17) is 99.2 Å². The highest BCUT2D eigenvalue weighted by atomic mass is 35.5. The maximum Gasteiger partial charge on any atom is 0.349 e. The molecule has 4 heterocycles. The Kier molecular flexibility index (Phi) is 39.9. The highest BCUT2D eigenvalue weighted by Crippen LogP contribution is 2.51. The topological polar surface area (TPSA) is 298 Å². The number of fused-ring (bicyclic) bond motifs is 1. The Bertz CT molecular complexity index is 3340. The van der Waals surface area contributed by atoms with Gasteiger partial charge in [0.25, 0.3) is 23.6 Å². The first kappa shape index (κ1) is 96.8. The van der Waals surface area contributed by atoms with Gasteiger partial charge in [0.2, 0.25) is 5.52 Å². The lowest BCUT2D eigenvalue weighted by Crippen LogP contribution is -2.45. The van der Waals surface area contributed by atoms with Gasteiger partial charge >= 0.3 is 24.9 Å². The van der Waals surface area contributed by atoms with E-state index in [9.17, 15) is 52.3 Å². The third kappa shape index (κ3) is 33.1. The number of nitrogens with two attached hydrogens (primary N) is 1. The molecule has 2 saturated carbocycles. The number of anilines is 2. The van der Waals surface area contributed by atoms with Gasteiger partial charge in [-0.1, -0.05) is 32.9 Å². The van der Waals surface area contributed by atoms with Crippen LogP contribution in [0.4, 0.5) is 29.2 Å². The zero-order valence-corrected chi connectivity index (χ0v) is 69.2. The lowest BCUT2D eigenvalue weighted by atomic mass is 9.90. The molecule has 7 N–H and O–H groups in total. The molecule has 3 fully saturated rings. The number of nitrogens with one attached hydrogen (secondary N) is 2. The molecule has 4 aromatic rings. The van der Waals surface area contributed by atoms with Crippen LogP contribution in [0.2, 0.25) is 0 Å². The molecule has 600 valence electrons. The number of nitrogens with zero attached hydrogens (tertiary/aromatic N) is 9. The Balaban J connectivity index is 0.000000431. The molecule has 0 bridgehead atoms. The van der Waals surface area contributed by atoms with Crippen LogP contribution in [0.25, 0.3) is 11.0 Å². The molecule has 8 atom stereocenters. The SMILES string of the molecule is CC(C)(C)Cc1ccn(C2C[C@H](CO)[C@@H](O)C2(F)F)c(=O)n1.CC(C)(C)N(CCCl)CCCl.CC(C)(C)Nc1c[n+]([O-])c2ccccc2[n+]1[O-].CC(C)(C)OC1CCOP(=O)(N(CCCl)CCCl)N1.CC(C)(C)OCN(CCCl)CCCl.CC(C)(C)OC[C@H]1CC(n2ccc(N)nc2=O)C(F)(F)[C@@H]1O. The maximum absolute atomic E-state index is 14.3. The van der Waals surface area contributed by atoms with E-state index in [-0.39, 0.29) is 65.0 Å². The van der Waals surface area contributed by atoms with Crippen LogP contribution in [0.3, 0.4) is 0 Å². The molecular weight excluding hydrogens is 1510 g/mol. The summed E-state index contributed by atoms with van der Waals surface area (Å²) in [6.07, 6.45) is 0.634. The standard InChI is InChI=1S/C15H22F2N2O3.C14H21F2N3O3.C12H15N3O2.C11H23Cl2N2O3P.C9H19Cl2NO.C8H17Cl2N/c1-14(2,3)7-10-4-5-19(13(22)18-10)11-6-9(8-20)12(21)15(11,16)17;1-13(2,3)22-7-8-6-9(14(15,16)11(8)20)19-5-4-10(17)18-12(19)21;1-12(2,3)13-11-8-14(16)9-6-4-5-7-10(9)15(11)17;1-11(2,3)18-10-4-9-17-19(16,14-10)15(7-5-12)8-6-13;1-9(2,3)13-8-12(6-4-10)7-5-11;1-8(2,3)11(6-4-9)7-5-10/h4-5,9,11-12,20-21H,6-8H2,1-3H3;4-5,8-9,11,20H,6-7H2,1-3H3,(H2,17,18,21);4-8,13H,1-3H3;10H,4-9H2,1-3H3,(H,14,16);4-8H2,1-3H3;4-7H2,1-3H3/t9-,11?,12-;8-,9?,11-;;;;/m11..../s1. The summed E-state index contributed by atoms with van der Waals surface area (Å²) < 4.78 is 96.9. The number of aliphatic hydroxyl groups is 3. The van der Waals surface area contributed by atoms with E-state index >= 15 is 0 Å². The fourth-order valence-electron chi connectivity index (χ4n) is 10.7. The molecule has 0 radical (unpaired) electrons. The number of hydrogen-bond acceptors (Lipinski definition) is 18. The van der Waals surface area contributed by atoms with E-state index in [1.54, 1.807) is 55.8 Å². The van der Waals surface area contributed by atoms with Gasteiger partial charge in [-0.2, -0.15) is 14.7 Å². The van der Waals surface area contributed by atoms with Crippen molar-refractivity contribution >= 4 is 99.9 Å². The lowest BCUT2D eigenvalue weighted by Gasteiger charge is -2.39. The molecule has 35 heteroatoms. The van der Waals surface area contributed by atoms with Gasteiger partial charge in [0.1, 0.15) is 36.3 Å². The summed E-state index contributed by atoms with van der Waals surface area (Å²) in [7, 11) is -3.11. The van der Waals surface area contributed by atoms with Gasteiger partial charge in [-0.3, -0.25) is 28.8 Å². The fraction of sp³-hybridized carbons (Fsp3) is 0.768. The van der Waals surface area contributed by atoms with Crippen molar-refractivity contribution in [2.24, 2.45) is 17.3 Å². The van der Waals surface area contributed by atoms with E-state index in [2.05, 4.69) is 50.9 Å². The van der Waals surface area contributed by atoms with Crippen molar-refractivity contribution in [3.63, 3.8) is 0 Å². The van der Waals surface area contributed by atoms with Gasteiger partial charge in [-0.25, -0.2) is 41.6 Å². The van der Waals surface area contributed by atoms with Crippen LogP contribution < -0.4 is 37.0 Å². The van der Waals surface area contributed by atoms with Crippen LogP contribution in [0.5, 0.6) is 0 Å². The van der Waals surface area contributed by atoms with Gasteiger partial charge in [0, 0.05) is 129 Å². The first-order valence-corrected chi connectivity index (χ1v) is 39.3. The first-order chi connectivity index (χ1) is 47.8. The van der Waals surface area contributed by atoms with Crippen LogP contribution in [0, 0.1) is 27.7 Å². The molecule has 0 amide bonds. The summed E-state index contributed by atoms with van der Waals surface area (Å²) in [5.41, 5.74) is 3.97. The van der Waals surface area contributed by atoms with Crippen molar-refractivity contribution in [1.82, 2.24) is 38.7 Å². The van der Waals surface area contributed by atoms with Crippen molar-refractivity contribution in [1.29, 1.82) is 0 Å². The zero-order chi connectivity index (χ0) is 79.8. The summed E-state index contributed by atoms with van der Waals surface area (Å²) in [6, 6.07) is 6.61. The van der Waals surface area contributed by atoms with Crippen molar-refractivity contribution in [3.8, 4) is 0 Å². The molecular formula is C69H117Cl6F4N12O12P. The Morgan fingerprint density at radius 2 is 1.16 bits per heavy atom. The molecule has 24 nitrogen and oxygen atoms in total. The van der Waals surface area contributed by atoms with Gasteiger partial charge in [0.15, 0.2) is 0 Å². The summed E-state index contributed by atoms with van der Waals surface area (Å²) in [6.45, 7) is 40.5. The van der Waals surface area contributed by atoms with Gasteiger partial charge in [-0.05, 0) is 147 Å².